The quantitative estimate of drug-likeness (QED) is 0.932. The van der Waals surface area contributed by atoms with Gasteiger partial charge in [0, 0.05) is 12.2 Å². The fraction of sp³-hybridized carbons (Fsp3) is 0.353. The van der Waals surface area contributed by atoms with E-state index in [4.69, 9.17) is 10.5 Å². The van der Waals surface area contributed by atoms with Crippen molar-refractivity contribution in [3.8, 4) is 5.88 Å². The largest absolute Gasteiger partial charge is 0.476 e. The number of aryl methyl sites for hydroxylation is 1. The van der Waals surface area contributed by atoms with E-state index in [2.05, 4.69) is 41.1 Å². The summed E-state index contributed by atoms with van der Waals surface area (Å²) in [6.45, 7) is 3.68. The number of fused-ring (bicyclic) bond motifs is 1. The molecule has 1 aromatic carbocycles. The van der Waals surface area contributed by atoms with Gasteiger partial charge in [0.15, 0.2) is 0 Å². The number of para-hydroxylation sites is 1. The van der Waals surface area contributed by atoms with Crippen molar-refractivity contribution in [2.24, 2.45) is 0 Å². The molecule has 0 unspecified atom stereocenters. The zero-order valence-electron chi connectivity index (χ0n) is 12.4. The highest BCUT2D eigenvalue weighted by molar-refractivity contribution is 5.67. The predicted molar refractivity (Wildman–Crippen MR) is 86.2 cm³/mol. The number of hydrogen-bond donors (Lipinski definition) is 1. The van der Waals surface area contributed by atoms with Crippen LogP contribution >= 0.6 is 0 Å². The molecule has 2 heterocycles. The lowest BCUT2D eigenvalue weighted by Gasteiger charge is -2.30. The maximum absolute atomic E-state index is 5.95. The average Bonchev–Trinajstić information content (AvgIpc) is 2.54. The molecule has 3 rings (SSSR count). The molecule has 1 aliphatic heterocycles. The van der Waals surface area contributed by atoms with Crippen molar-refractivity contribution < 1.29 is 4.74 Å². The van der Waals surface area contributed by atoms with Crippen LogP contribution in [0.3, 0.4) is 0 Å². The second kappa shape index (κ2) is 6.04. The minimum absolute atomic E-state index is 0.539. The molecule has 21 heavy (non-hydrogen) atoms. The number of aromatic nitrogens is 1. The molecular formula is C17H21N3O. The molecule has 4 heteroatoms. The number of benzene rings is 1. The van der Waals surface area contributed by atoms with Crippen LogP contribution in [0.15, 0.2) is 36.4 Å². The predicted octanol–water partition coefficient (Wildman–Crippen LogP) is 3.54. The van der Waals surface area contributed by atoms with Gasteiger partial charge in [0.2, 0.25) is 5.88 Å². The SMILES string of the molecule is CCCOc1nc(N2CCCc3ccccc32)ccc1N. The molecule has 0 saturated carbocycles. The highest BCUT2D eigenvalue weighted by atomic mass is 16.5. The van der Waals surface area contributed by atoms with Crippen LogP contribution in [-0.2, 0) is 6.42 Å². The van der Waals surface area contributed by atoms with Crippen molar-refractivity contribution in [1.82, 2.24) is 4.98 Å². The van der Waals surface area contributed by atoms with Crippen LogP contribution in [0, 0.1) is 0 Å². The summed E-state index contributed by atoms with van der Waals surface area (Å²) < 4.78 is 5.64. The van der Waals surface area contributed by atoms with E-state index in [0.29, 0.717) is 18.2 Å². The first-order valence-corrected chi connectivity index (χ1v) is 7.54. The first kappa shape index (κ1) is 13.7. The van der Waals surface area contributed by atoms with Crippen molar-refractivity contribution in [3.05, 3.63) is 42.0 Å². The molecule has 0 saturated heterocycles. The van der Waals surface area contributed by atoms with E-state index in [1.54, 1.807) is 0 Å². The maximum atomic E-state index is 5.95. The number of nitrogens with zero attached hydrogens (tertiary/aromatic N) is 2. The Balaban J connectivity index is 1.94. The average molecular weight is 283 g/mol. The zero-order valence-corrected chi connectivity index (χ0v) is 12.4. The van der Waals surface area contributed by atoms with Crippen molar-refractivity contribution in [2.45, 2.75) is 26.2 Å². The molecule has 1 aliphatic rings. The summed E-state index contributed by atoms with van der Waals surface area (Å²) >= 11 is 0. The molecule has 0 radical (unpaired) electrons. The molecule has 0 amide bonds. The lowest BCUT2D eigenvalue weighted by molar-refractivity contribution is 0.307. The Morgan fingerprint density at radius 2 is 2.10 bits per heavy atom. The monoisotopic (exact) mass is 283 g/mol. The lowest BCUT2D eigenvalue weighted by atomic mass is 10.0. The van der Waals surface area contributed by atoms with Gasteiger partial charge in [-0.05, 0) is 43.0 Å². The molecule has 4 nitrogen and oxygen atoms in total. The molecular weight excluding hydrogens is 262 g/mol. The van der Waals surface area contributed by atoms with E-state index in [0.717, 1.165) is 31.6 Å². The number of rotatable bonds is 4. The Labute approximate surface area is 125 Å². The van der Waals surface area contributed by atoms with Crippen LogP contribution in [0.1, 0.15) is 25.3 Å². The molecule has 0 atom stereocenters. The minimum atomic E-state index is 0.539. The highest BCUT2D eigenvalue weighted by Gasteiger charge is 2.19. The summed E-state index contributed by atoms with van der Waals surface area (Å²) in [7, 11) is 0. The third kappa shape index (κ3) is 2.79. The van der Waals surface area contributed by atoms with E-state index in [1.807, 2.05) is 12.1 Å². The smallest absolute Gasteiger partial charge is 0.239 e. The lowest BCUT2D eigenvalue weighted by Crippen LogP contribution is -2.25. The summed E-state index contributed by atoms with van der Waals surface area (Å²) in [6.07, 6.45) is 3.20. The Kier molecular flexibility index (Phi) is 3.95. The molecule has 110 valence electrons. The van der Waals surface area contributed by atoms with Gasteiger partial charge in [-0.25, -0.2) is 0 Å². The van der Waals surface area contributed by atoms with Crippen molar-refractivity contribution in [3.63, 3.8) is 0 Å². The number of pyridine rings is 1. The van der Waals surface area contributed by atoms with E-state index >= 15 is 0 Å². The second-order valence-corrected chi connectivity index (χ2v) is 5.30. The van der Waals surface area contributed by atoms with Gasteiger partial charge >= 0.3 is 0 Å². The summed E-state index contributed by atoms with van der Waals surface area (Å²) in [4.78, 5) is 6.86. The van der Waals surface area contributed by atoms with Crippen LogP contribution in [0.25, 0.3) is 0 Å². The van der Waals surface area contributed by atoms with Crippen LogP contribution in [0.2, 0.25) is 0 Å². The number of nitrogen functional groups attached to an aromatic ring is 1. The summed E-state index contributed by atoms with van der Waals surface area (Å²) in [6, 6.07) is 12.4. The van der Waals surface area contributed by atoms with Crippen molar-refractivity contribution in [1.29, 1.82) is 0 Å². The molecule has 2 aromatic rings. The van der Waals surface area contributed by atoms with Crippen LogP contribution in [-0.4, -0.2) is 18.1 Å². The Bertz CT molecular complexity index is 627. The summed E-state index contributed by atoms with van der Waals surface area (Å²) in [5.74, 6) is 1.44. The molecule has 2 N–H and O–H groups in total. The fourth-order valence-corrected chi connectivity index (χ4v) is 2.68. The van der Waals surface area contributed by atoms with Gasteiger partial charge < -0.3 is 15.4 Å². The summed E-state index contributed by atoms with van der Waals surface area (Å²) in [5, 5.41) is 0. The first-order chi connectivity index (χ1) is 10.3. The molecule has 1 aromatic heterocycles. The second-order valence-electron chi connectivity index (χ2n) is 5.30. The molecule has 0 spiro atoms. The highest BCUT2D eigenvalue weighted by Crippen LogP contribution is 2.34. The third-order valence-corrected chi connectivity index (χ3v) is 3.70. The van der Waals surface area contributed by atoms with Crippen LogP contribution < -0.4 is 15.4 Å². The fourth-order valence-electron chi connectivity index (χ4n) is 2.68. The Morgan fingerprint density at radius 1 is 1.24 bits per heavy atom. The zero-order chi connectivity index (χ0) is 14.7. The Hall–Kier alpha value is -2.23. The van der Waals surface area contributed by atoms with Crippen LogP contribution in [0.5, 0.6) is 5.88 Å². The van der Waals surface area contributed by atoms with Gasteiger partial charge in [-0.3, -0.25) is 0 Å². The van der Waals surface area contributed by atoms with E-state index in [9.17, 15) is 0 Å². The van der Waals surface area contributed by atoms with Gasteiger partial charge in [-0.2, -0.15) is 4.98 Å². The number of nitrogens with two attached hydrogens (primary N) is 1. The van der Waals surface area contributed by atoms with Gasteiger partial charge in [-0.1, -0.05) is 25.1 Å². The van der Waals surface area contributed by atoms with Gasteiger partial charge in [0.25, 0.3) is 0 Å². The molecule has 0 fully saturated rings. The topological polar surface area (TPSA) is 51.4 Å². The Morgan fingerprint density at radius 3 is 2.95 bits per heavy atom. The van der Waals surface area contributed by atoms with Gasteiger partial charge in [0.1, 0.15) is 5.82 Å². The van der Waals surface area contributed by atoms with E-state index in [1.165, 1.54) is 11.3 Å². The summed E-state index contributed by atoms with van der Waals surface area (Å²) in [5.41, 5.74) is 9.16. The van der Waals surface area contributed by atoms with Crippen LogP contribution in [0.4, 0.5) is 17.2 Å². The van der Waals surface area contributed by atoms with E-state index in [-0.39, 0.29) is 0 Å². The number of hydrogen-bond acceptors (Lipinski definition) is 4. The standard InChI is InChI=1S/C17H21N3O/c1-2-12-21-17-14(18)9-10-16(19-17)20-11-5-7-13-6-3-4-8-15(13)20/h3-4,6,8-10H,2,5,7,11-12,18H2,1H3. The van der Waals surface area contributed by atoms with Gasteiger partial charge in [0.05, 0.1) is 12.3 Å². The van der Waals surface area contributed by atoms with E-state index < -0.39 is 0 Å². The maximum Gasteiger partial charge on any atom is 0.239 e. The third-order valence-electron chi connectivity index (χ3n) is 3.70. The first-order valence-electron chi connectivity index (χ1n) is 7.54. The van der Waals surface area contributed by atoms with Crippen molar-refractivity contribution in [2.75, 3.05) is 23.8 Å². The normalized spacial score (nSPS) is 13.9. The molecule has 0 aliphatic carbocycles. The minimum Gasteiger partial charge on any atom is -0.476 e. The number of ether oxygens (including phenoxy) is 1. The van der Waals surface area contributed by atoms with Gasteiger partial charge in [-0.15, -0.1) is 0 Å². The molecule has 0 bridgehead atoms. The number of anilines is 3. The van der Waals surface area contributed by atoms with Crippen molar-refractivity contribution >= 4 is 17.2 Å².